The van der Waals surface area contributed by atoms with E-state index in [2.05, 4.69) is 121 Å². The minimum atomic E-state index is 1.15. The summed E-state index contributed by atoms with van der Waals surface area (Å²) in [6.07, 6.45) is 0. The van der Waals surface area contributed by atoms with E-state index >= 15 is 0 Å². The van der Waals surface area contributed by atoms with E-state index in [0.29, 0.717) is 0 Å². The quantitative estimate of drug-likeness (QED) is 0.383. The molecular weight excluding hydrogens is 314 g/mol. The highest BCUT2D eigenvalue weighted by atomic mass is 15.1. The van der Waals surface area contributed by atoms with Crippen LogP contribution in [0.1, 0.15) is 5.56 Å². The zero-order chi connectivity index (χ0) is 17.8. The molecule has 1 heteroatoms. The fourth-order valence-corrected chi connectivity index (χ4v) is 3.23. The van der Waals surface area contributed by atoms with Crippen LogP contribution in [0.3, 0.4) is 0 Å². The van der Waals surface area contributed by atoms with Crippen LogP contribution in [0.25, 0.3) is 11.1 Å². The zero-order valence-corrected chi connectivity index (χ0v) is 14.8. The first-order chi connectivity index (χ1) is 12.8. The van der Waals surface area contributed by atoms with Crippen molar-refractivity contribution in [2.24, 2.45) is 0 Å². The first-order valence-electron chi connectivity index (χ1n) is 8.89. The number of nitrogens with zero attached hydrogens (tertiary/aromatic N) is 1. The molecule has 0 aromatic heterocycles. The van der Waals surface area contributed by atoms with Gasteiger partial charge in [0.2, 0.25) is 0 Å². The third kappa shape index (κ3) is 3.25. The molecule has 0 unspecified atom stereocenters. The Bertz CT molecular complexity index is 934. The van der Waals surface area contributed by atoms with Crippen molar-refractivity contribution >= 4 is 17.1 Å². The summed E-state index contributed by atoms with van der Waals surface area (Å²) in [7, 11) is 0. The molecule has 0 fully saturated rings. The molecule has 0 N–H and O–H groups in total. The first kappa shape index (κ1) is 16.2. The Morgan fingerprint density at radius 3 is 1.58 bits per heavy atom. The van der Waals surface area contributed by atoms with E-state index in [-0.39, 0.29) is 0 Å². The maximum atomic E-state index is 2.31. The first-order valence-corrected chi connectivity index (χ1v) is 8.89. The number of rotatable bonds is 4. The van der Waals surface area contributed by atoms with Gasteiger partial charge in [-0.1, -0.05) is 84.4 Å². The lowest BCUT2D eigenvalue weighted by molar-refractivity contribution is 1.28. The summed E-state index contributed by atoms with van der Waals surface area (Å²) in [5, 5.41) is 0. The summed E-state index contributed by atoms with van der Waals surface area (Å²) in [5.74, 6) is 0. The average Bonchev–Trinajstić information content (AvgIpc) is 2.71. The van der Waals surface area contributed by atoms with Crippen molar-refractivity contribution in [3.8, 4) is 11.1 Å². The van der Waals surface area contributed by atoms with Gasteiger partial charge in [0.15, 0.2) is 0 Å². The molecule has 0 saturated heterocycles. The van der Waals surface area contributed by atoms with Crippen molar-refractivity contribution in [2.75, 3.05) is 4.90 Å². The molecule has 4 aromatic rings. The van der Waals surface area contributed by atoms with Crippen molar-refractivity contribution in [2.45, 2.75) is 6.92 Å². The molecule has 0 aliphatic rings. The molecule has 0 heterocycles. The summed E-state index contributed by atoms with van der Waals surface area (Å²) in [6.45, 7) is 2.12. The summed E-state index contributed by atoms with van der Waals surface area (Å²) >= 11 is 0. The van der Waals surface area contributed by atoms with Gasteiger partial charge >= 0.3 is 0 Å². The lowest BCUT2D eigenvalue weighted by atomic mass is 10.0. The molecule has 1 nitrogen and oxygen atoms in total. The van der Waals surface area contributed by atoms with E-state index in [0.717, 1.165) is 11.4 Å². The molecule has 0 aliphatic heterocycles. The van der Waals surface area contributed by atoms with E-state index in [4.69, 9.17) is 0 Å². The van der Waals surface area contributed by atoms with Gasteiger partial charge in [0, 0.05) is 16.9 Å². The SMILES string of the molecule is Cc1ccc(-c2ccccc2N(c2ccccc2)c2ccccc2)cc1. The van der Waals surface area contributed by atoms with Gasteiger partial charge in [-0.2, -0.15) is 0 Å². The second-order valence-corrected chi connectivity index (χ2v) is 6.39. The summed E-state index contributed by atoms with van der Waals surface area (Å²) in [4.78, 5) is 2.31. The summed E-state index contributed by atoms with van der Waals surface area (Å²) in [6, 6.07) is 38.4. The molecule has 0 aliphatic carbocycles. The zero-order valence-electron chi connectivity index (χ0n) is 14.8. The third-order valence-corrected chi connectivity index (χ3v) is 4.54. The van der Waals surface area contributed by atoms with Crippen LogP contribution in [0.4, 0.5) is 17.1 Å². The Kier molecular flexibility index (Phi) is 4.53. The molecule has 26 heavy (non-hydrogen) atoms. The molecule has 0 spiro atoms. The standard InChI is InChI=1S/C25H21N/c1-20-16-18-21(19-17-20)24-14-8-9-15-25(24)26(22-10-4-2-5-11-22)23-12-6-3-7-13-23/h2-19H,1H3. The monoisotopic (exact) mass is 335 g/mol. The van der Waals surface area contributed by atoms with Crippen LogP contribution in [0.5, 0.6) is 0 Å². The highest BCUT2D eigenvalue weighted by Gasteiger charge is 2.16. The summed E-state index contributed by atoms with van der Waals surface area (Å²) in [5.41, 5.74) is 7.20. The van der Waals surface area contributed by atoms with Gasteiger partial charge in [0.05, 0.1) is 5.69 Å². The molecule has 0 saturated carbocycles. The minimum absolute atomic E-state index is 1.15. The highest BCUT2D eigenvalue weighted by Crippen LogP contribution is 2.40. The molecule has 126 valence electrons. The smallest absolute Gasteiger partial charge is 0.0540 e. The number of para-hydroxylation sites is 3. The van der Waals surface area contributed by atoms with Crippen LogP contribution in [0.2, 0.25) is 0 Å². The molecule has 4 rings (SSSR count). The van der Waals surface area contributed by atoms with E-state index < -0.39 is 0 Å². The largest absolute Gasteiger partial charge is 0.310 e. The minimum Gasteiger partial charge on any atom is -0.310 e. The molecule has 0 atom stereocenters. The Labute approximate surface area is 155 Å². The predicted molar refractivity (Wildman–Crippen MR) is 111 cm³/mol. The van der Waals surface area contributed by atoms with Gasteiger partial charge in [0.25, 0.3) is 0 Å². The Hall–Kier alpha value is -3.32. The Morgan fingerprint density at radius 2 is 1.00 bits per heavy atom. The van der Waals surface area contributed by atoms with Gasteiger partial charge in [-0.15, -0.1) is 0 Å². The van der Waals surface area contributed by atoms with Gasteiger partial charge in [-0.05, 0) is 42.8 Å². The van der Waals surface area contributed by atoms with Crippen molar-refractivity contribution < 1.29 is 0 Å². The molecule has 0 amide bonds. The lowest BCUT2D eigenvalue weighted by Gasteiger charge is -2.27. The van der Waals surface area contributed by atoms with E-state index in [1.165, 1.54) is 22.4 Å². The average molecular weight is 335 g/mol. The Morgan fingerprint density at radius 1 is 0.500 bits per heavy atom. The fraction of sp³-hybridized carbons (Fsp3) is 0.0400. The molecule has 4 aromatic carbocycles. The molecular formula is C25H21N. The maximum absolute atomic E-state index is 2.31. The van der Waals surface area contributed by atoms with Gasteiger partial charge in [0.1, 0.15) is 0 Å². The van der Waals surface area contributed by atoms with Crippen LogP contribution in [0, 0.1) is 6.92 Å². The van der Waals surface area contributed by atoms with Crippen molar-refractivity contribution in [3.05, 3.63) is 115 Å². The van der Waals surface area contributed by atoms with Crippen LogP contribution >= 0.6 is 0 Å². The topological polar surface area (TPSA) is 3.24 Å². The van der Waals surface area contributed by atoms with E-state index in [9.17, 15) is 0 Å². The Balaban J connectivity index is 1.91. The fourth-order valence-electron chi connectivity index (χ4n) is 3.23. The molecule has 0 bridgehead atoms. The van der Waals surface area contributed by atoms with Crippen LogP contribution in [-0.2, 0) is 0 Å². The van der Waals surface area contributed by atoms with Gasteiger partial charge < -0.3 is 4.90 Å². The number of hydrogen-bond donors (Lipinski definition) is 0. The third-order valence-electron chi connectivity index (χ3n) is 4.54. The van der Waals surface area contributed by atoms with Gasteiger partial charge in [-0.3, -0.25) is 0 Å². The van der Waals surface area contributed by atoms with Crippen LogP contribution in [-0.4, -0.2) is 0 Å². The number of anilines is 3. The van der Waals surface area contributed by atoms with E-state index in [1.54, 1.807) is 0 Å². The van der Waals surface area contributed by atoms with Crippen LogP contribution in [0.15, 0.2) is 109 Å². The van der Waals surface area contributed by atoms with Crippen molar-refractivity contribution in [1.82, 2.24) is 0 Å². The second kappa shape index (κ2) is 7.28. The maximum Gasteiger partial charge on any atom is 0.0540 e. The lowest BCUT2D eigenvalue weighted by Crippen LogP contribution is -2.10. The number of aryl methyl sites for hydroxylation is 1. The predicted octanol–water partition coefficient (Wildman–Crippen LogP) is 7.13. The van der Waals surface area contributed by atoms with Gasteiger partial charge in [-0.25, -0.2) is 0 Å². The molecule has 0 radical (unpaired) electrons. The van der Waals surface area contributed by atoms with Crippen molar-refractivity contribution in [3.63, 3.8) is 0 Å². The summed E-state index contributed by atoms with van der Waals surface area (Å²) < 4.78 is 0. The van der Waals surface area contributed by atoms with Crippen molar-refractivity contribution in [1.29, 1.82) is 0 Å². The van der Waals surface area contributed by atoms with Crippen LogP contribution < -0.4 is 4.90 Å². The number of hydrogen-bond acceptors (Lipinski definition) is 1. The normalized spacial score (nSPS) is 10.5. The second-order valence-electron chi connectivity index (χ2n) is 6.39. The number of benzene rings is 4. The highest BCUT2D eigenvalue weighted by molar-refractivity contribution is 5.87. The van der Waals surface area contributed by atoms with E-state index in [1.807, 2.05) is 0 Å².